The minimum atomic E-state index is -0.0634. The van der Waals surface area contributed by atoms with Crippen molar-refractivity contribution in [3.8, 4) is 0 Å². The SMILES string of the molecule is CC(C)C(SCc1ccccc1)C(=O)N1CCCN(C(=O)c2ccccc2)CC1. The Hall–Kier alpha value is -2.27. The number of carbonyl (C=O) groups is 2. The van der Waals surface area contributed by atoms with Gasteiger partial charge in [-0.2, -0.15) is 0 Å². The van der Waals surface area contributed by atoms with Crippen molar-refractivity contribution in [3.05, 3.63) is 71.8 Å². The third-order valence-electron chi connectivity index (χ3n) is 5.24. The standard InChI is InChI=1S/C24H30N2O2S/c1-19(2)22(29-18-20-10-5-3-6-11-20)24(28)26-15-9-14-25(16-17-26)23(27)21-12-7-4-8-13-21/h3-8,10-13,19,22H,9,14-18H2,1-2H3. The van der Waals surface area contributed by atoms with Crippen LogP contribution in [-0.4, -0.2) is 53.0 Å². The third kappa shape index (κ3) is 5.86. The molecule has 1 heterocycles. The van der Waals surface area contributed by atoms with Gasteiger partial charge in [-0.05, 0) is 30.0 Å². The number of hydrogen-bond acceptors (Lipinski definition) is 3. The Morgan fingerprint density at radius 1 is 0.862 bits per heavy atom. The van der Waals surface area contributed by atoms with E-state index in [0.717, 1.165) is 12.2 Å². The fraction of sp³-hybridized carbons (Fsp3) is 0.417. The summed E-state index contributed by atoms with van der Waals surface area (Å²) >= 11 is 1.72. The van der Waals surface area contributed by atoms with E-state index in [4.69, 9.17) is 0 Å². The zero-order chi connectivity index (χ0) is 20.6. The lowest BCUT2D eigenvalue weighted by Gasteiger charge is -2.28. The van der Waals surface area contributed by atoms with Gasteiger partial charge in [0.2, 0.25) is 5.91 Å². The predicted octanol–water partition coefficient (Wildman–Crippen LogP) is 4.32. The first-order chi connectivity index (χ1) is 14.1. The highest BCUT2D eigenvalue weighted by molar-refractivity contribution is 7.99. The minimum Gasteiger partial charge on any atom is -0.340 e. The minimum absolute atomic E-state index is 0.0544. The van der Waals surface area contributed by atoms with E-state index in [1.165, 1.54) is 5.56 Å². The number of thioether (sulfide) groups is 1. The van der Waals surface area contributed by atoms with E-state index in [2.05, 4.69) is 26.0 Å². The molecule has 1 aliphatic rings. The molecule has 1 atom stereocenters. The molecule has 1 aliphatic heterocycles. The lowest BCUT2D eigenvalue weighted by molar-refractivity contribution is -0.131. The largest absolute Gasteiger partial charge is 0.340 e. The van der Waals surface area contributed by atoms with Gasteiger partial charge in [0.05, 0.1) is 5.25 Å². The maximum absolute atomic E-state index is 13.3. The van der Waals surface area contributed by atoms with Crippen LogP contribution >= 0.6 is 11.8 Å². The summed E-state index contributed by atoms with van der Waals surface area (Å²) in [5.41, 5.74) is 1.96. The molecule has 154 valence electrons. The average molecular weight is 411 g/mol. The molecule has 3 rings (SSSR count). The van der Waals surface area contributed by atoms with E-state index < -0.39 is 0 Å². The molecule has 0 bridgehead atoms. The van der Waals surface area contributed by atoms with Crippen molar-refractivity contribution in [1.82, 2.24) is 9.80 Å². The number of benzene rings is 2. The Kier molecular flexibility index (Phi) is 7.76. The fourth-order valence-corrected chi connectivity index (χ4v) is 4.83. The van der Waals surface area contributed by atoms with E-state index in [-0.39, 0.29) is 23.0 Å². The van der Waals surface area contributed by atoms with Gasteiger partial charge in [0, 0.05) is 37.5 Å². The highest BCUT2D eigenvalue weighted by Crippen LogP contribution is 2.26. The van der Waals surface area contributed by atoms with Crippen LogP contribution in [0, 0.1) is 5.92 Å². The first-order valence-corrected chi connectivity index (χ1v) is 11.4. The lowest BCUT2D eigenvalue weighted by Crippen LogP contribution is -2.42. The van der Waals surface area contributed by atoms with Gasteiger partial charge in [-0.3, -0.25) is 9.59 Å². The first-order valence-electron chi connectivity index (χ1n) is 10.3. The number of rotatable bonds is 6. The van der Waals surface area contributed by atoms with Crippen LogP contribution in [0.2, 0.25) is 0 Å². The van der Waals surface area contributed by atoms with E-state index in [9.17, 15) is 9.59 Å². The molecule has 4 nitrogen and oxygen atoms in total. The molecule has 29 heavy (non-hydrogen) atoms. The molecule has 0 spiro atoms. The van der Waals surface area contributed by atoms with Crippen LogP contribution in [0.25, 0.3) is 0 Å². The molecule has 0 saturated carbocycles. The molecule has 2 amide bonds. The van der Waals surface area contributed by atoms with Gasteiger partial charge < -0.3 is 9.80 Å². The Labute approximate surface area is 178 Å². The van der Waals surface area contributed by atoms with Crippen molar-refractivity contribution < 1.29 is 9.59 Å². The second kappa shape index (κ2) is 10.5. The van der Waals surface area contributed by atoms with Gasteiger partial charge in [-0.1, -0.05) is 62.4 Å². The molecule has 1 saturated heterocycles. The highest BCUT2D eigenvalue weighted by atomic mass is 32.2. The smallest absolute Gasteiger partial charge is 0.253 e. The van der Waals surface area contributed by atoms with Crippen LogP contribution in [0.4, 0.5) is 0 Å². The Morgan fingerprint density at radius 3 is 2.10 bits per heavy atom. The predicted molar refractivity (Wildman–Crippen MR) is 120 cm³/mol. The van der Waals surface area contributed by atoms with Gasteiger partial charge >= 0.3 is 0 Å². The van der Waals surface area contributed by atoms with Crippen LogP contribution in [0.1, 0.15) is 36.2 Å². The number of amides is 2. The summed E-state index contributed by atoms with van der Waals surface area (Å²) < 4.78 is 0. The highest BCUT2D eigenvalue weighted by Gasteiger charge is 2.29. The first kappa shape index (κ1) is 21.4. The van der Waals surface area contributed by atoms with E-state index in [1.54, 1.807) is 11.8 Å². The molecule has 1 fully saturated rings. The topological polar surface area (TPSA) is 40.6 Å². The monoisotopic (exact) mass is 410 g/mol. The Morgan fingerprint density at radius 2 is 1.45 bits per heavy atom. The van der Waals surface area contributed by atoms with Gasteiger partial charge in [-0.25, -0.2) is 0 Å². The summed E-state index contributed by atoms with van der Waals surface area (Å²) in [7, 11) is 0. The van der Waals surface area contributed by atoms with Gasteiger partial charge in [0.25, 0.3) is 5.91 Å². The van der Waals surface area contributed by atoms with Crippen LogP contribution in [0.3, 0.4) is 0 Å². The van der Waals surface area contributed by atoms with Crippen molar-refractivity contribution in [2.45, 2.75) is 31.3 Å². The van der Waals surface area contributed by atoms with E-state index >= 15 is 0 Å². The zero-order valence-corrected chi connectivity index (χ0v) is 18.1. The number of nitrogens with zero attached hydrogens (tertiary/aromatic N) is 2. The molecule has 5 heteroatoms. The van der Waals surface area contributed by atoms with Gasteiger partial charge in [0.1, 0.15) is 0 Å². The summed E-state index contributed by atoms with van der Waals surface area (Å²) in [5.74, 6) is 1.36. The summed E-state index contributed by atoms with van der Waals surface area (Å²) in [6.07, 6.45) is 0.818. The molecule has 1 unspecified atom stereocenters. The van der Waals surface area contributed by atoms with E-state index in [0.29, 0.717) is 31.7 Å². The van der Waals surface area contributed by atoms with Crippen LogP contribution in [-0.2, 0) is 10.5 Å². The second-order valence-electron chi connectivity index (χ2n) is 7.80. The maximum atomic E-state index is 13.3. The Bertz CT molecular complexity index is 795. The quantitative estimate of drug-likeness (QED) is 0.712. The normalized spacial score (nSPS) is 15.8. The maximum Gasteiger partial charge on any atom is 0.253 e. The molecule has 0 aliphatic carbocycles. The average Bonchev–Trinajstić information content (AvgIpc) is 3.01. The summed E-state index contributed by atoms with van der Waals surface area (Å²) in [4.78, 5) is 29.8. The van der Waals surface area contributed by atoms with Crippen molar-refractivity contribution in [2.24, 2.45) is 5.92 Å². The number of carbonyl (C=O) groups excluding carboxylic acids is 2. The van der Waals surface area contributed by atoms with Crippen molar-refractivity contribution >= 4 is 23.6 Å². The van der Waals surface area contributed by atoms with Gasteiger partial charge in [0.15, 0.2) is 0 Å². The van der Waals surface area contributed by atoms with E-state index in [1.807, 2.05) is 58.3 Å². The zero-order valence-electron chi connectivity index (χ0n) is 17.3. The molecule has 0 aromatic heterocycles. The molecule has 0 N–H and O–H groups in total. The molecule has 2 aromatic rings. The summed E-state index contributed by atoms with van der Waals surface area (Å²) in [6.45, 7) is 6.83. The van der Waals surface area contributed by atoms with Crippen LogP contribution < -0.4 is 0 Å². The van der Waals surface area contributed by atoms with Crippen molar-refractivity contribution in [1.29, 1.82) is 0 Å². The molecular weight excluding hydrogens is 380 g/mol. The fourth-order valence-electron chi connectivity index (χ4n) is 3.59. The molecule has 2 aromatic carbocycles. The van der Waals surface area contributed by atoms with Gasteiger partial charge in [-0.15, -0.1) is 11.8 Å². The van der Waals surface area contributed by atoms with Crippen LogP contribution in [0.5, 0.6) is 0 Å². The second-order valence-corrected chi connectivity index (χ2v) is 8.93. The van der Waals surface area contributed by atoms with Crippen molar-refractivity contribution in [3.63, 3.8) is 0 Å². The Balaban J connectivity index is 1.60. The molecule has 0 radical (unpaired) electrons. The summed E-state index contributed by atoms with van der Waals surface area (Å²) in [6, 6.07) is 19.7. The van der Waals surface area contributed by atoms with Crippen molar-refractivity contribution in [2.75, 3.05) is 26.2 Å². The number of hydrogen-bond donors (Lipinski definition) is 0. The lowest BCUT2D eigenvalue weighted by atomic mass is 10.1. The van der Waals surface area contributed by atoms with Crippen LogP contribution in [0.15, 0.2) is 60.7 Å². The third-order valence-corrected chi connectivity index (χ3v) is 6.84. The molecular formula is C24H30N2O2S. The summed E-state index contributed by atoms with van der Waals surface area (Å²) in [5, 5.41) is -0.0634.